The zero-order valence-corrected chi connectivity index (χ0v) is 15.2. The van der Waals surface area contributed by atoms with Gasteiger partial charge in [0.1, 0.15) is 0 Å². The summed E-state index contributed by atoms with van der Waals surface area (Å²) in [6.07, 6.45) is 4.86. The molecule has 0 N–H and O–H groups in total. The fourth-order valence-corrected chi connectivity index (χ4v) is 3.78. The fourth-order valence-electron chi connectivity index (χ4n) is 3.58. The van der Waals surface area contributed by atoms with E-state index >= 15 is 0 Å². The third-order valence-corrected chi connectivity index (χ3v) is 5.50. The summed E-state index contributed by atoms with van der Waals surface area (Å²) >= 11 is 6.25. The van der Waals surface area contributed by atoms with E-state index in [4.69, 9.17) is 11.6 Å². The first kappa shape index (κ1) is 17.7. The maximum atomic E-state index is 12.5. The van der Waals surface area contributed by atoms with Gasteiger partial charge in [0.2, 0.25) is 5.91 Å². The number of nitrogens with zero attached hydrogens (tertiary/aromatic N) is 3. The second-order valence-electron chi connectivity index (χ2n) is 6.94. The molecular formula is C19H28ClN3O. The van der Waals surface area contributed by atoms with Crippen molar-refractivity contribution in [3.05, 3.63) is 34.9 Å². The summed E-state index contributed by atoms with van der Waals surface area (Å²) in [7, 11) is 0. The minimum absolute atomic E-state index is 0.316. The molecule has 4 nitrogen and oxygen atoms in total. The zero-order valence-electron chi connectivity index (χ0n) is 14.4. The van der Waals surface area contributed by atoms with Gasteiger partial charge in [-0.1, -0.05) is 42.6 Å². The largest absolute Gasteiger partial charge is 0.342 e. The summed E-state index contributed by atoms with van der Waals surface area (Å²) in [6.45, 7) is 7.30. The van der Waals surface area contributed by atoms with Crippen LogP contribution in [-0.2, 0) is 11.3 Å². The second kappa shape index (κ2) is 8.84. The third-order valence-electron chi connectivity index (χ3n) is 5.13. The first-order valence-electron chi connectivity index (χ1n) is 9.18. The van der Waals surface area contributed by atoms with Crippen molar-refractivity contribution in [1.29, 1.82) is 0 Å². The average molecular weight is 350 g/mol. The van der Waals surface area contributed by atoms with Crippen molar-refractivity contribution in [2.75, 3.05) is 45.8 Å². The molecule has 0 aromatic heterocycles. The molecule has 2 fully saturated rings. The van der Waals surface area contributed by atoms with E-state index in [-0.39, 0.29) is 0 Å². The number of carbonyl (C=O) groups is 1. The first-order valence-corrected chi connectivity index (χ1v) is 9.56. The number of hydrogen-bond donors (Lipinski definition) is 0. The van der Waals surface area contributed by atoms with Gasteiger partial charge in [0.05, 0.1) is 6.54 Å². The number of carbonyl (C=O) groups excluding carboxylic acids is 1. The molecule has 2 aliphatic rings. The topological polar surface area (TPSA) is 26.8 Å². The molecule has 2 saturated heterocycles. The Morgan fingerprint density at radius 3 is 2.17 bits per heavy atom. The SMILES string of the molecule is O=C(CN1CCN(Cc2ccccc2Cl)CC1)N1CCCCCC1. The molecule has 1 amide bonds. The first-order chi connectivity index (χ1) is 11.7. The van der Waals surface area contributed by atoms with Crippen LogP contribution in [0.4, 0.5) is 0 Å². The van der Waals surface area contributed by atoms with E-state index in [1.54, 1.807) is 0 Å². The fraction of sp³-hybridized carbons (Fsp3) is 0.632. The molecule has 0 atom stereocenters. The summed E-state index contributed by atoms with van der Waals surface area (Å²) < 4.78 is 0. The Morgan fingerprint density at radius 2 is 1.50 bits per heavy atom. The number of amides is 1. The van der Waals surface area contributed by atoms with Crippen LogP contribution in [0.3, 0.4) is 0 Å². The van der Waals surface area contributed by atoms with Gasteiger partial charge in [-0.15, -0.1) is 0 Å². The molecule has 132 valence electrons. The summed E-state index contributed by atoms with van der Waals surface area (Å²) in [4.78, 5) is 19.3. The Bertz CT molecular complexity index is 535. The third kappa shape index (κ3) is 4.95. The van der Waals surface area contributed by atoms with Crippen LogP contribution in [0.2, 0.25) is 5.02 Å². The molecule has 0 aliphatic carbocycles. The lowest BCUT2D eigenvalue weighted by molar-refractivity contribution is -0.132. The molecule has 1 aromatic carbocycles. The summed E-state index contributed by atoms with van der Waals surface area (Å²) in [5.41, 5.74) is 1.19. The Hall–Kier alpha value is -1.10. The molecule has 2 heterocycles. The lowest BCUT2D eigenvalue weighted by Crippen LogP contribution is -2.49. The summed E-state index contributed by atoms with van der Waals surface area (Å²) in [5, 5.41) is 0.844. The van der Waals surface area contributed by atoms with Gasteiger partial charge < -0.3 is 4.90 Å². The molecule has 1 aromatic rings. The van der Waals surface area contributed by atoms with Gasteiger partial charge in [-0.25, -0.2) is 0 Å². The van der Waals surface area contributed by atoms with Gasteiger partial charge in [-0.3, -0.25) is 14.6 Å². The molecular weight excluding hydrogens is 322 g/mol. The maximum absolute atomic E-state index is 12.5. The van der Waals surface area contributed by atoms with Crippen molar-refractivity contribution in [1.82, 2.24) is 14.7 Å². The van der Waals surface area contributed by atoms with Crippen LogP contribution >= 0.6 is 11.6 Å². The predicted molar refractivity (Wildman–Crippen MR) is 98.2 cm³/mol. The van der Waals surface area contributed by atoms with Crippen molar-refractivity contribution in [2.45, 2.75) is 32.2 Å². The van der Waals surface area contributed by atoms with Crippen LogP contribution in [-0.4, -0.2) is 66.4 Å². The van der Waals surface area contributed by atoms with Gasteiger partial charge in [0.25, 0.3) is 0 Å². The van der Waals surface area contributed by atoms with Crippen LogP contribution in [0.5, 0.6) is 0 Å². The number of rotatable bonds is 4. The van der Waals surface area contributed by atoms with Gasteiger partial charge in [-0.2, -0.15) is 0 Å². The molecule has 0 saturated carbocycles. The number of hydrogen-bond acceptors (Lipinski definition) is 3. The monoisotopic (exact) mass is 349 g/mol. The van der Waals surface area contributed by atoms with Crippen LogP contribution in [0.1, 0.15) is 31.2 Å². The predicted octanol–water partition coefficient (Wildman–Crippen LogP) is 2.86. The van der Waals surface area contributed by atoms with Gasteiger partial charge in [0.15, 0.2) is 0 Å². The highest BCUT2D eigenvalue weighted by Crippen LogP contribution is 2.18. The highest BCUT2D eigenvalue weighted by atomic mass is 35.5. The number of piperazine rings is 1. The molecule has 3 rings (SSSR count). The van der Waals surface area contributed by atoms with Crippen LogP contribution in [0.15, 0.2) is 24.3 Å². The highest BCUT2D eigenvalue weighted by molar-refractivity contribution is 6.31. The van der Waals surface area contributed by atoms with Gasteiger partial charge >= 0.3 is 0 Å². The van der Waals surface area contributed by atoms with E-state index in [2.05, 4.69) is 20.8 Å². The number of likely N-dealkylation sites (tertiary alicyclic amines) is 1. The van der Waals surface area contributed by atoms with Crippen molar-refractivity contribution in [2.24, 2.45) is 0 Å². The van der Waals surface area contributed by atoms with Crippen LogP contribution in [0, 0.1) is 0 Å². The maximum Gasteiger partial charge on any atom is 0.236 e. The van der Waals surface area contributed by atoms with E-state index in [1.165, 1.54) is 18.4 Å². The molecule has 24 heavy (non-hydrogen) atoms. The van der Waals surface area contributed by atoms with Gasteiger partial charge in [-0.05, 0) is 24.5 Å². The summed E-state index contributed by atoms with van der Waals surface area (Å²) in [6, 6.07) is 8.06. The normalized spacial score (nSPS) is 20.8. The van der Waals surface area contributed by atoms with Crippen molar-refractivity contribution in [3.8, 4) is 0 Å². The van der Waals surface area contributed by atoms with E-state index in [0.717, 1.165) is 63.7 Å². The summed E-state index contributed by atoms with van der Waals surface area (Å²) in [5.74, 6) is 0.316. The second-order valence-corrected chi connectivity index (χ2v) is 7.35. The minimum atomic E-state index is 0.316. The molecule has 0 radical (unpaired) electrons. The Labute approximate surface area is 150 Å². The standard InChI is InChI=1S/C19H28ClN3O/c20-18-8-4-3-7-17(18)15-21-11-13-22(14-12-21)16-19(24)23-9-5-1-2-6-10-23/h3-4,7-8H,1-2,5-6,9-16H2. The minimum Gasteiger partial charge on any atom is -0.342 e. The Morgan fingerprint density at radius 1 is 0.875 bits per heavy atom. The molecule has 0 spiro atoms. The average Bonchev–Trinajstić information content (AvgIpc) is 2.88. The van der Waals surface area contributed by atoms with E-state index in [1.807, 2.05) is 18.2 Å². The van der Waals surface area contributed by atoms with Crippen LogP contribution in [0.25, 0.3) is 0 Å². The Balaban J connectivity index is 1.43. The molecule has 0 bridgehead atoms. The number of halogens is 1. The Kier molecular flexibility index (Phi) is 6.52. The smallest absolute Gasteiger partial charge is 0.236 e. The lowest BCUT2D eigenvalue weighted by Gasteiger charge is -2.35. The zero-order chi connectivity index (χ0) is 16.8. The van der Waals surface area contributed by atoms with E-state index in [0.29, 0.717) is 12.5 Å². The molecule has 5 heteroatoms. The highest BCUT2D eigenvalue weighted by Gasteiger charge is 2.22. The van der Waals surface area contributed by atoms with Gasteiger partial charge in [0, 0.05) is 50.8 Å². The molecule has 0 unspecified atom stereocenters. The number of benzene rings is 1. The van der Waals surface area contributed by atoms with Crippen molar-refractivity contribution in [3.63, 3.8) is 0 Å². The van der Waals surface area contributed by atoms with Crippen molar-refractivity contribution < 1.29 is 4.79 Å². The van der Waals surface area contributed by atoms with E-state index < -0.39 is 0 Å². The van der Waals surface area contributed by atoms with E-state index in [9.17, 15) is 4.79 Å². The lowest BCUT2D eigenvalue weighted by atomic mass is 10.2. The van der Waals surface area contributed by atoms with Crippen molar-refractivity contribution >= 4 is 17.5 Å². The quantitative estimate of drug-likeness (QED) is 0.836. The molecule has 2 aliphatic heterocycles. The van der Waals surface area contributed by atoms with Crippen LogP contribution < -0.4 is 0 Å².